The van der Waals surface area contributed by atoms with Crippen LogP contribution in [0.15, 0.2) is 0 Å². The summed E-state index contributed by atoms with van der Waals surface area (Å²) in [5.41, 5.74) is 0. The molecule has 4 heteroatoms. The summed E-state index contributed by atoms with van der Waals surface area (Å²) in [4.78, 5) is 0. The molecule has 4 heavy (non-hydrogen) atoms. The summed E-state index contributed by atoms with van der Waals surface area (Å²) in [5, 5.41) is 0. The van der Waals surface area contributed by atoms with Gasteiger partial charge in [-0.1, -0.05) is 0 Å². The van der Waals surface area contributed by atoms with Crippen molar-refractivity contribution in [1.82, 2.24) is 0 Å². The van der Waals surface area contributed by atoms with Gasteiger partial charge in [-0.25, -0.2) is 0 Å². The molecule has 0 N–H and O–H groups in total. The van der Waals surface area contributed by atoms with Gasteiger partial charge in [0, 0.05) is 69.9 Å². The first-order valence-electron chi connectivity index (χ1n) is 0. The minimum absolute atomic E-state index is 0. The van der Waals surface area contributed by atoms with Crippen LogP contribution in [0.2, 0.25) is 0 Å². The molecule has 0 aliphatic carbocycles. The van der Waals surface area contributed by atoms with Crippen LogP contribution in [0.25, 0.3) is 0 Å². The fraction of sp³-hybridized carbons (Fsp3) is 0. The SMILES string of the molecule is [B].[Cr].[Nb].[Ti]. The van der Waals surface area contributed by atoms with E-state index in [2.05, 4.69) is 0 Å². The molecule has 0 aromatic rings. The van der Waals surface area contributed by atoms with E-state index in [9.17, 15) is 0 Å². The van der Waals surface area contributed by atoms with E-state index in [4.69, 9.17) is 0 Å². The topological polar surface area (TPSA) is 0 Å². The molecule has 0 atom stereocenters. The summed E-state index contributed by atoms with van der Waals surface area (Å²) >= 11 is 0. The molecule has 0 heterocycles. The molecule has 0 saturated carbocycles. The third-order valence-corrected chi connectivity index (χ3v) is 0. The van der Waals surface area contributed by atoms with Crippen molar-refractivity contribution in [1.29, 1.82) is 0 Å². The van der Waals surface area contributed by atoms with Gasteiger partial charge in [-0.05, 0) is 0 Å². The minimum atomic E-state index is 0. The molecule has 18 valence electrons. The van der Waals surface area contributed by atoms with Gasteiger partial charge in [-0.3, -0.25) is 0 Å². The second kappa shape index (κ2) is 19.7. The van der Waals surface area contributed by atoms with E-state index in [-0.39, 0.29) is 69.9 Å². The number of hydrogen-bond acceptors (Lipinski definition) is 0. The van der Waals surface area contributed by atoms with Gasteiger partial charge >= 0.3 is 0 Å². The molecular weight excluding hydrogens is 204 g/mol. The van der Waals surface area contributed by atoms with E-state index in [0.717, 1.165) is 0 Å². The van der Waals surface area contributed by atoms with Crippen LogP contribution in [0, 0.1) is 0 Å². The molecule has 0 aromatic heterocycles. The molecule has 0 rings (SSSR count). The van der Waals surface area contributed by atoms with Gasteiger partial charge in [0.15, 0.2) is 0 Å². The molecule has 0 nitrogen and oxygen atoms in total. The van der Waals surface area contributed by atoms with Crippen LogP contribution in [0.1, 0.15) is 0 Å². The first-order valence-corrected chi connectivity index (χ1v) is 0. The van der Waals surface area contributed by atoms with Gasteiger partial charge in [-0.15, -0.1) is 0 Å². The Morgan fingerprint density at radius 3 is 1.00 bits per heavy atom. The van der Waals surface area contributed by atoms with Gasteiger partial charge in [0.25, 0.3) is 0 Å². The molecular formula is BCrNbTi. The Balaban J connectivity index is 0. The predicted octanol–water partition coefficient (Wildman–Crippen LogP) is -0.388. The Hall–Kier alpha value is 2.05. The van der Waals surface area contributed by atoms with Gasteiger partial charge < -0.3 is 0 Å². The van der Waals surface area contributed by atoms with E-state index in [1.54, 1.807) is 0 Å². The van der Waals surface area contributed by atoms with Gasteiger partial charge in [-0.2, -0.15) is 0 Å². The Bertz CT molecular complexity index is 8.00. The molecule has 0 aliphatic rings. The van der Waals surface area contributed by atoms with Gasteiger partial charge in [0.1, 0.15) is 0 Å². The normalized spacial score (nSPS) is 0. The third-order valence-electron chi connectivity index (χ3n) is 0. The van der Waals surface area contributed by atoms with Crippen LogP contribution < -0.4 is 0 Å². The van der Waals surface area contributed by atoms with E-state index in [0.29, 0.717) is 0 Å². The molecule has 4 radical (unpaired) electrons. The average Bonchev–Trinajstić information content (AvgIpc) is 0. The molecule has 0 saturated heterocycles. The summed E-state index contributed by atoms with van der Waals surface area (Å²) in [7, 11) is 0. The monoisotopic (exact) mass is 204 g/mol. The van der Waals surface area contributed by atoms with Crippen LogP contribution in [-0.4, -0.2) is 8.41 Å². The van der Waals surface area contributed by atoms with Crippen molar-refractivity contribution in [3.05, 3.63) is 0 Å². The summed E-state index contributed by atoms with van der Waals surface area (Å²) in [6.45, 7) is 0. The smallest absolute Gasteiger partial charge is 0 e. The molecule has 0 aliphatic heterocycles. The first kappa shape index (κ1) is 36.7. The van der Waals surface area contributed by atoms with Crippen molar-refractivity contribution in [2.75, 3.05) is 0 Å². The summed E-state index contributed by atoms with van der Waals surface area (Å²) in [6, 6.07) is 0. The molecule has 0 unspecified atom stereocenters. The van der Waals surface area contributed by atoms with Crippen LogP contribution in [0.3, 0.4) is 0 Å². The Morgan fingerprint density at radius 1 is 1.00 bits per heavy atom. The zero-order chi connectivity index (χ0) is 0. The van der Waals surface area contributed by atoms with E-state index in [1.807, 2.05) is 0 Å². The third kappa shape index (κ3) is 8.96. The predicted molar refractivity (Wildman–Crippen MR) is 5.75 cm³/mol. The van der Waals surface area contributed by atoms with Crippen molar-refractivity contribution in [2.45, 2.75) is 0 Å². The summed E-state index contributed by atoms with van der Waals surface area (Å²) < 4.78 is 0. The maximum Gasteiger partial charge on any atom is 0 e. The van der Waals surface area contributed by atoms with E-state index >= 15 is 0 Å². The van der Waals surface area contributed by atoms with Crippen molar-refractivity contribution in [2.24, 2.45) is 0 Å². The molecule has 0 spiro atoms. The number of hydrogen-bond donors (Lipinski definition) is 0. The van der Waals surface area contributed by atoms with E-state index in [1.165, 1.54) is 0 Å². The van der Waals surface area contributed by atoms with Crippen LogP contribution in [0.4, 0.5) is 0 Å². The fourth-order valence-corrected chi connectivity index (χ4v) is 0. The number of rotatable bonds is 0. The fourth-order valence-electron chi connectivity index (χ4n) is 0. The Kier molecular flexibility index (Phi) is 181. The van der Waals surface area contributed by atoms with E-state index < -0.39 is 0 Å². The van der Waals surface area contributed by atoms with Crippen LogP contribution in [0.5, 0.6) is 0 Å². The van der Waals surface area contributed by atoms with Crippen molar-refractivity contribution in [3.63, 3.8) is 0 Å². The molecule has 0 amide bonds. The van der Waals surface area contributed by atoms with Gasteiger partial charge in [0.05, 0.1) is 0 Å². The Morgan fingerprint density at radius 2 is 1.00 bits per heavy atom. The zero-order valence-electron chi connectivity index (χ0n) is 1.93. The van der Waals surface area contributed by atoms with Crippen molar-refractivity contribution >= 4 is 8.41 Å². The molecule has 0 bridgehead atoms. The Labute approximate surface area is 69.2 Å². The van der Waals surface area contributed by atoms with Crippen molar-refractivity contribution in [3.8, 4) is 0 Å². The largest absolute Gasteiger partial charge is 0 e. The average molecular weight is 204 g/mol. The standard InChI is InChI=1S/B.Cr.Nb.Ti. The maximum atomic E-state index is 0. The summed E-state index contributed by atoms with van der Waals surface area (Å²) in [5.74, 6) is 0. The second-order valence-corrected chi connectivity index (χ2v) is 0. The molecule has 0 fully saturated rings. The molecule has 0 aromatic carbocycles. The maximum absolute atomic E-state index is 0. The quantitative estimate of drug-likeness (QED) is 0.471. The van der Waals surface area contributed by atoms with Gasteiger partial charge in [0.2, 0.25) is 0 Å². The summed E-state index contributed by atoms with van der Waals surface area (Å²) in [6.07, 6.45) is 0. The second-order valence-electron chi connectivity index (χ2n) is 0. The first-order chi connectivity index (χ1) is 0. The minimum Gasteiger partial charge on any atom is 0 e. The van der Waals surface area contributed by atoms with Crippen LogP contribution in [-0.2, 0) is 61.5 Å². The van der Waals surface area contributed by atoms with Crippen molar-refractivity contribution < 1.29 is 61.5 Å². The zero-order valence-corrected chi connectivity index (χ0v) is 6.97. The van der Waals surface area contributed by atoms with Crippen LogP contribution >= 0.6 is 0 Å².